The third-order valence-electron chi connectivity index (χ3n) is 3.82. The predicted octanol–water partition coefficient (Wildman–Crippen LogP) is 3.66. The lowest BCUT2D eigenvalue weighted by atomic mass is 9.77. The molecule has 1 aliphatic heterocycles. The summed E-state index contributed by atoms with van der Waals surface area (Å²) >= 11 is 12.0. The number of benzene rings is 1. The van der Waals surface area contributed by atoms with Gasteiger partial charge in [-0.1, -0.05) is 29.3 Å². The number of nitrogens with one attached hydrogen (secondary N) is 1. The number of ether oxygens (including phenoxy) is 1. The van der Waals surface area contributed by atoms with Crippen LogP contribution in [0.1, 0.15) is 18.1 Å². The number of anilines is 1. The maximum atomic E-state index is 12.6. The molecule has 1 N–H and O–H groups in total. The molecule has 2 aromatic rings. The Labute approximate surface area is 132 Å². The van der Waals surface area contributed by atoms with Crippen LogP contribution in [0.15, 0.2) is 30.5 Å². The lowest BCUT2D eigenvalue weighted by Gasteiger charge is -2.25. The monoisotopic (exact) mass is 322 g/mol. The van der Waals surface area contributed by atoms with Crippen LogP contribution in [0.5, 0.6) is 5.75 Å². The number of carbonyl (C=O) groups is 1. The summed E-state index contributed by atoms with van der Waals surface area (Å²) in [7, 11) is 1.54. The number of methoxy groups -OCH3 is 1. The predicted molar refractivity (Wildman–Crippen MR) is 82.3 cm³/mol. The summed E-state index contributed by atoms with van der Waals surface area (Å²) in [6, 6.07) is 6.98. The summed E-state index contributed by atoms with van der Waals surface area (Å²) in [5.41, 5.74) is 1.30. The van der Waals surface area contributed by atoms with E-state index in [4.69, 9.17) is 27.9 Å². The van der Waals surface area contributed by atoms with Crippen molar-refractivity contribution in [1.82, 2.24) is 4.98 Å². The molecule has 108 valence electrons. The lowest BCUT2D eigenvalue weighted by molar-refractivity contribution is -0.119. The van der Waals surface area contributed by atoms with E-state index >= 15 is 0 Å². The molecular weight excluding hydrogens is 311 g/mol. The number of fused-ring (bicyclic) bond motifs is 1. The van der Waals surface area contributed by atoms with Crippen molar-refractivity contribution in [2.45, 2.75) is 12.3 Å². The fourth-order valence-electron chi connectivity index (χ4n) is 2.66. The van der Waals surface area contributed by atoms with E-state index in [1.807, 2.05) is 13.0 Å². The largest absolute Gasteiger partial charge is 0.495 e. The van der Waals surface area contributed by atoms with Gasteiger partial charge in [0.05, 0.1) is 13.3 Å². The Balaban J connectivity index is 2.27. The number of hydrogen-bond acceptors (Lipinski definition) is 3. The highest BCUT2D eigenvalue weighted by Crippen LogP contribution is 2.46. The first-order valence-corrected chi connectivity index (χ1v) is 7.04. The summed E-state index contributed by atoms with van der Waals surface area (Å²) in [5.74, 6) is 0.361. The first-order chi connectivity index (χ1) is 9.96. The molecule has 21 heavy (non-hydrogen) atoms. The van der Waals surface area contributed by atoms with Crippen molar-refractivity contribution >= 4 is 34.8 Å². The summed E-state index contributed by atoms with van der Waals surface area (Å²) in [6.07, 6.45) is 1.52. The Morgan fingerprint density at radius 2 is 2.00 bits per heavy atom. The maximum absolute atomic E-state index is 12.6. The topological polar surface area (TPSA) is 51.2 Å². The average molecular weight is 323 g/mol. The lowest BCUT2D eigenvalue weighted by Crippen LogP contribution is -2.32. The molecule has 0 spiro atoms. The Hall–Kier alpha value is -1.78. The van der Waals surface area contributed by atoms with Gasteiger partial charge in [0.2, 0.25) is 5.91 Å². The van der Waals surface area contributed by atoms with E-state index in [0.717, 1.165) is 5.56 Å². The van der Waals surface area contributed by atoms with Gasteiger partial charge in [-0.2, -0.15) is 0 Å². The van der Waals surface area contributed by atoms with E-state index in [9.17, 15) is 4.79 Å². The van der Waals surface area contributed by atoms with Crippen molar-refractivity contribution in [2.24, 2.45) is 0 Å². The second-order valence-electron chi connectivity index (χ2n) is 4.98. The molecule has 6 heteroatoms. The molecule has 1 aromatic heterocycles. The zero-order valence-corrected chi connectivity index (χ0v) is 12.9. The summed E-state index contributed by atoms with van der Waals surface area (Å²) in [5, 5.41) is 3.73. The number of pyridine rings is 1. The fraction of sp³-hybridized carbons (Fsp3) is 0.200. The molecule has 0 bridgehead atoms. The number of hydrogen-bond donors (Lipinski definition) is 1. The average Bonchev–Trinajstić information content (AvgIpc) is 2.70. The number of amides is 1. The van der Waals surface area contributed by atoms with Crippen molar-refractivity contribution in [3.63, 3.8) is 0 Å². The third kappa shape index (κ3) is 2.06. The smallest absolute Gasteiger partial charge is 0.239 e. The van der Waals surface area contributed by atoms with Crippen LogP contribution < -0.4 is 10.1 Å². The Kier molecular flexibility index (Phi) is 3.30. The Bertz CT molecular complexity index is 748. The molecule has 1 amide bonds. The highest BCUT2D eigenvalue weighted by Gasteiger charge is 2.46. The normalized spacial score (nSPS) is 20.1. The minimum Gasteiger partial charge on any atom is -0.495 e. The Morgan fingerprint density at radius 1 is 1.24 bits per heavy atom. The first kappa shape index (κ1) is 14.2. The van der Waals surface area contributed by atoms with Gasteiger partial charge in [0, 0.05) is 16.3 Å². The Morgan fingerprint density at radius 3 is 2.71 bits per heavy atom. The zero-order chi connectivity index (χ0) is 15.2. The van der Waals surface area contributed by atoms with E-state index in [1.54, 1.807) is 18.2 Å². The van der Waals surface area contributed by atoms with E-state index in [1.165, 1.54) is 13.3 Å². The molecule has 3 rings (SSSR count). The minimum atomic E-state index is -0.905. The molecule has 2 heterocycles. The molecule has 4 nitrogen and oxygen atoms in total. The van der Waals surface area contributed by atoms with Crippen molar-refractivity contribution in [2.75, 3.05) is 12.4 Å². The maximum Gasteiger partial charge on any atom is 0.239 e. The van der Waals surface area contributed by atoms with Gasteiger partial charge in [-0.05, 0) is 30.7 Å². The highest BCUT2D eigenvalue weighted by atomic mass is 35.5. The van der Waals surface area contributed by atoms with Gasteiger partial charge in [0.25, 0.3) is 0 Å². The van der Waals surface area contributed by atoms with E-state index in [0.29, 0.717) is 27.2 Å². The van der Waals surface area contributed by atoms with Gasteiger partial charge in [-0.25, -0.2) is 4.98 Å². The number of rotatable bonds is 2. The molecule has 1 aromatic carbocycles. The van der Waals surface area contributed by atoms with Crippen LogP contribution in [0, 0.1) is 0 Å². The summed E-state index contributed by atoms with van der Waals surface area (Å²) < 4.78 is 5.34. The van der Waals surface area contributed by atoms with Crippen molar-refractivity contribution < 1.29 is 9.53 Å². The van der Waals surface area contributed by atoms with Gasteiger partial charge < -0.3 is 10.1 Å². The van der Waals surface area contributed by atoms with Crippen LogP contribution in [-0.2, 0) is 10.2 Å². The molecule has 0 saturated carbocycles. The van der Waals surface area contributed by atoms with Gasteiger partial charge in [0.15, 0.2) is 0 Å². The molecule has 1 atom stereocenters. The first-order valence-electron chi connectivity index (χ1n) is 6.28. The van der Waals surface area contributed by atoms with Crippen LogP contribution in [0.3, 0.4) is 0 Å². The van der Waals surface area contributed by atoms with Crippen molar-refractivity contribution in [3.05, 3.63) is 51.8 Å². The van der Waals surface area contributed by atoms with Gasteiger partial charge in [-0.15, -0.1) is 0 Å². The van der Waals surface area contributed by atoms with Crippen LogP contribution in [0.25, 0.3) is 0 Å². The molecular formula is C15H12Cl2N2O2. The van der Waals surface area contributed by atoms with E-state index in [-0.39, 0.29) is 5.91 Å². The van der Waals surface area contributed by atoms with Crippen molar-refractivity contribution in [1.29, 1.82) is 0 Å². The standard InChI is InChI=1S/C15H12Cl2N2O2/c1-15(10-6-13(17)18-7-12(10)21-2)9-4-3-8(16)5-11(9)19-14(15)20/h3-7H,1-2H3,(H,19,20). The molecule has 1 aliphatic rings. The highest BCUT2D eigenvalue weighted by molar-refractivity contribution is 6.31. The molecule has 0 radical (unpaired) electrons. The minimum absolute atomic E-state index is 0.152. The van der Waals surface area contributed by atoms with Crippen LogP contribution in [0.2, 0.25) is 10.2 Å². The summed E-state index contributed by atoms with van der Waals surface area (Å²) in [6.45, 7) is 1.83. The molecule has 0 saturated heterocycles. The van der Waals surface area contributed by atoms with E-state index < -0.39 is 5.41 Å². The van der Waals surface area contributed by atoms with Gasteiger partial charge in [0.1, 0.15) is 16.3 Å². The zero-order valence-electron chi connectivity index (χ0n) is 11.4. The molecule has 1 unspecified atom stereocenters. The van der Waals surface area contributed by atoms with E-state index in [2.05, 4.69) is 10.3 Å². The number of halogens is 2. The van der Waals surface area contributed by atoms with Gasteiger partial charge in [-0.3, -0.25) is 4.79 Å². The van der Waals surface area contributed by atoms with Crippen LogP contribution in [-0.4, -0.2) is 18.0 Å². The van der Waals surface area contributed by atoms with Crippen LogP contribution >= 0.6 is 23.2 Å². The quantitative estimate of drug-likeness (QED) is 0.858. The second-order valence-corrected chi connectivity index (χ2v) is 5.80. The number of carbonyl (C=O) groups excluding carboxylic acids is 1. The molecule has 0 fully saturated rings. The number of nitrogens with zero attached hydrogens (tertiary/aromatic N) is 1. The van der Waals surface area contributed by atoms with Crippen molar-refractivity contribution in [3.8, 4) is 5.75 Å². The number of aromatic nitrogens is 1. The fourth-order valence-corrected chi connectivity index (χ4v) is 2.99. The van der Waals surface area contributed by atoms with Gasteiger partial charge >= 0.3 is 0 Å². The van der Waals surface area contributed by atoms with Crippen LogP contribution in [0.4, 0.5) is 5.69 Å². The molecule has 0 aliphatic carbocycles. The second kappa shape index (κ2) is 4.90. The third-order valence-corrected chi connectivity index (χ3v) is 4.26. The summed E-state index contributed by atoms with van der Waals surface area (Å²) in [4.78, 5) is 16.6. The SMILES string of the molecule is COc1cnc(Cl)cc1C1(C)C(=O)Nc2cc(Cl)ccc21.